The molecule has 1 aromatic rings. The lowest BCUT2D eigenvalue weighted by Gasteiger charge is -2.28. The van der Waals surface area contributed by atoms with E-state index in [2.05, 4.69) is 15.6 Å². The van der Waals surface area contributed by atoms with Gasteiger partial charge in [-0.3, -0.25) is 19.8 Å². The molecule has 0 bridgehead atoms. The SMILES string of the molecule is O=C1CCN(c2ccc(N[C@H]3CC[C@H](C(=O)O)CC3)nc2)C(=O)N1. The Morgan fingerprint density at radius 2 is 2.00 bits per heavy atom. The van der Waals surface area contributed by atoms with E-state index in [0.717, 1.165) is 12.8 Å². The predicted octanol–water partition coefficient (Wildman–Crippen LogP) is 1.58. The minimum atomic E-state index is -0.714. The summed E-state index contributed by atoms with van der Waals surface area (Å²) in [6, 6.07) is 3.37. The Kier molecular flexibility index (Phi) is 4.64. The van der Waals surface area contributed by atoms with Crippen molar-refractivity contribution < 1.29 is 19.5 Å². The highest BCUT2D eigenvalue weighted by atomic mass is 16.4. The molecule has 1 aliphatic heterocycles. The Balaban J connectivity index is 1.56. The van der Waals surface area contributed by atoms with Gasteiger partial charge in [-0.15, -0.1) is 0 Å². The van der Waals surface area contributed by atoms with Gasteiger partial charge in [-0.1, -0.05) is 0 Å². The fourth-order valence-electron chi connectivity index (χ4n) is 3.14. The third-order valence-corrected chi connectivity index (χ3v) is 4.54. The first kappa shape index (κ1) is 16.2. The van der Waals surface area contributed by atoms with Gasteiger partial charge >= 0.3 is 12.0 Å². The summed E-state index contributed by atoms with van der Waals surface area (Å²) >= 11 is 0. The highest BCUT2D eigenvalue weighted by molar-refractivity contribution is 6.05. The van der Waals surface area contributed by atoms with Crippen molar-refractivity contribution in [1.82, 2.24) is 10.3 Å². The lowest BCUT2D eigenvalue weighted by Crippen LogP contribution is -2.49. The number of hydrogen-bond acceptors (Lipinski definition) is 5. The van der Waals surface area contributed by atoms with Gasteiger partial charge in [0.05, 0.1) is 17.8 Å². The predicted molar refractivity (Wildman–Crippen MR) is 86.7 cm³/mol. The Morgan fingerprint density at radius 3 is 2.58 bits per heavy atom. The molecule has 0 atom stereocenters. The first-order chi connectivity index (χ1) is 11.5. The zero-order valence-corrected chi connectivity index (χ0v) is 13.2. The smallest absolute Gasteiger partial charge is 0.328 e. The van der Waals surface area contributed by atoms with Gasteiger partial charge in [0, 0.05) is 19.0 Å². The van der Waals surface area contributed by atoms with Crippen LogP contribution in [0.15, 0.2) is 18.3 Å². The molecule has 2 fully saturated rings. The van der Waals surface area contributed by atoms with Gasteiger partial charge in [0.15, 0.2) is 0 Å². The average Bonchev–Trinajstić information content (AvgIpc) is 2.56. The van der Waals surface area contributed by atoms with Gasteiger partial charge in [-0.25, -0.2) is 9.78 Å². The summed E-state index contributed by atoms with van der Waals surface area (Å²) in [5, 5.41) is 14.6. The van der Waals surface area contributed by atoms with Crippen molar-refractivity contribution in [3.8, 4) is 0 Å². The molecular weight excluding hydrogens is 312 g/mol. The van der Waals surface area contributed by atoms with Gasteiger partial charge in [-0.05, 0) is 37.8 Å². The number of hydrogen-bond donors (Lipinski definition) is 3. The molecule has 0 aromatic carbocycles. The molecule has 1 saturated carbocycles. The number of pyridine rings is 1. The lowest BCUT2D eigenvalue weighted by atomic mass is 9.86. The molecule has 2 heterocycles. The molecule has 0 radical (unpaired) electrons. The van der Waals surface area contributed by atoms with E-state index in [1.54, 1.807) is 18.3 Å². The molecule has 24 heavy (non-hydrogen) atoms. The average molecular weight is 332 g/mol. The first-order valence-corrected chi connectivity index (χ1v) is 8.09. The molecule has 8 nitrogen and oxygen atoms in total. The number of urea groups is 1. The van der Waals surface area contributed by atoms with E-state index in [-0.39, 0.29) is 24.3 Å². The van der Waals surface area contributed by atoms with Crippen molar-refractivity contribution in [2.24, 2.45) is 5.92 Å². The standard InChI is InChI=1S/C16H20N4O4/c21-14-7-8-20(16(24)19-14)12-5-6-13(17-9-12)18-11-3-1-10(2-4-11)15(22)23/h5-6,9-11H,1-4,7-8H2,(H,17,18)(H,22,23)(H,19,21,24)/t10-,11-. The van der Waals surface area contributed by atoms with Gasteiger partial charge in [0.25, 0.3) is 0 Å². The van der Waals surface area contributed by atoms with Crippen LogP contribution in [-0.4, -0.2) is 40.6 Å². The van der Waals surface area contributed by atoms with E-state index in [4.69, 9.17) is 5.11 Å². The first-order valence-electron chi connectivity index (χ1n) is 8.09. The largest absolute Gasteiger partial charge is 0.481 e. The second-order valence-electron chi connectivity index (χ2n) is 6.19. The second kappa shape index (κ2) is 6.86. The monoisotopic (exact) mass is 332 g/mol. The van der Waals surface area contributed by atoms with Crippen LogP contribution in [0.3, 0.4) is 0 Å². The summed E-state index contributed by atoms with van der Waals surface area (Å²) in [5.41, 5.74) is 0.639. The fraction of sp³-hybridized carbons (Fsp3) is 0.500. The number of aromatic nitrogens is 1. The van der Waals surface area contributed by atoms with Gasteiger partial charge < -0.3 is 10.4 Å². The molecule has 128 valence electrons. The van der Waals surface area contributed by atoms with E-state index in [1.165, 1.54) is 4.90 Å². The summed E-state index contributed by atoms with van der Waals surface area (Å²) < 4.78 is 0. The topological polar surface area (TPSA) is 112 Å². The van der Waals surface area contributed by atoms with Crippen molar-refractivity contribution >= 4 is 29.4 Å². The summed E-state index contributed by atoms with van der Waals surface area (Å²) in [6.45, 7) is 0.346. The van der Waals surface area contributed by atoms with Crippen LogP contribution in [0.4, 0.5) is 16.3 Å². The summed E-state index contributed by atoms with van der Waals surface area (Å²) in [4.78, 5) is 39.7. The molecule has 3 N–H and O–H groups in total. The highest BCUT2D eigenvalue weighted by Crippen LogP contribution is 2.27. The molecule has 1 aromatic heterocycles. The number of nitrogens with zero attached hydrogens (tertiary/aromatic N) is 2. The van der Waals surface area contributed by atoms with Crippen LogP contribution >= 0.6 is 0 Å². The van der Waals surface area contributed by atoms with Crippen molar-refractivity contribution in [3.63, 3.8) is 0 Å². The van der Waals surface area contributed by atoms with E-state index in [1.807, 2.05) is 0 Å². The number of carboxylic acid groups (broad SMARTS) is 1. The Labute approximate surface area is 139 Å². The molecule has 0 spiro atoms. The molecule has 1 saturated heterocycles. The van der Waals surface area contributed by atoms with Crippen LogP contribution < -0.4 is 15.5 Å². The molecule has 3 amide bonds. The third kappa shape index (κ3) is 3.64. The zero-order chi connectivity index (χ0) is 17.1. The normalized spacial score (nSPS) is 24.4. The number of carboxylic acids is 1. The number of aliphatic carboxylic acids is 1. The minimum Gasteiger partial charge on any atom is -0.481 e. The number of amides is 3. The molecular formula is C16H20N4O4. The maximum atomic E-state index is 11.8. The van der Waals surface area contributed by atoms with E-state index >= 15 is 0 Å². The van der Waals surface area contributed by atoms with Gasteiger partial charge in [-0.2, -0.15) is 0 Å². The quantitative estimate of drug-likeness (QED) is 0.772. The molecule has 3 rings (SSSR count). The van der Waals surface area contributed by atoms with Crippen LogP contribution in [-0.2, 0) is 9.59 Å². The van der Waals surface area contributed by atoms with E-state index < -0.39 is 12.0 Å². The maximum absolute atomic E-state index is 11.8. The van der Waals surface area contributed by atoms with Gasteiger partial charge in [0.2, 0.25) is 5.91 Å². The van der Waals surface area contributed by atoms with E-state index in [9.17, 15) is 14.4 Å². The number of rotatable bonds is 4. The van der Waals surface area contributed by atoms with Gasteiger partial charge in [0.1, 0.15) is 5.82 Å². The number of carbonyl (C=O) groups excluding carboxylic acids is 2. The fourth-order valence-corrected chi connectivity index (χ4v) is 3.14. The maximum Gasteiger partial charge on any atom is 0.328 e. The number of imide groups is 1. The summed E-state index contributed by atoms with van der Waals surface area (Å²) in [5.74, 6) is -0.515. The van der Waals surface area contributed by atoms with Crippen LogP contribution in [0.5, 0.6) is 0 Å². The van der Waals surface area contributed by atoms with Crippen molar-refractivity contribution in [3.05, 3.63) is 18.3 Å². The third-order valence-electron chi connectivity index (χ3n) is 4.54. The lowest BCUT2D eigenvalue weighted by molar-refractivity contribution is -0.142. The van der Waals surface area contributed by atoms with Crippen molar-refractivity contribution in [2.75, 3.05) is 16.8 Å². The Morgan fingerprint density at radius 1 is 1.25 bits per heavy atom. The molecule has 1 aliphatic carbocycles. The minimum absolute atomic E-state index is 0.217. The zero-order valence-electron chi connectivity index (χ0n) is 13.2. The van der Waals surface area contributed by atoms with Crippen LogP contribution in [0.2, 0.25) is 0 Å². The molecule has 8 heteroatoms. The van der Waals surface area contributed by atoms with Crippen LogP contribution in [0, 0.1) is 5.92 Å². The van der Waals surface area contributed by atoms with Crippen LogP contribution in [0.1, 0.15) is 32.1 Å². The Hall–Kier alpha value is -2.64. The number of anilines is 2. The molecule has 0 unspecified atom stereocenters. The van der Waals surface area contributed by atoms with Crippen molar-refractivity contribution in [1.29, 1.82) is 0 Å². The van der Waals surface area contributed by atoms with Crippen LogP contribution in [0.25, 0.3) is 0 Å². The number of nitrogens with one attached hydrogen (secondary N) is 2. The highest BCUT2D eigenvalue weighted by Gasteiger charge is 2.26. The summed E-state index contributed by atoms with van der Waals surface area (Å²) in [7, 11) is 0. The van der Waals surface area contributed by atoms with Crippen molar-refractivity contribution in [2.45, 2.75) is 38.1 Å². The second-order valence-corrected chi connectivity index (χ2v) is 6.19. The Bertz CT molecular complexity index is 638. The van der Waals surface area contributed by atoms with E-state index in [0.29, 0.717) is 30.9 Å². The molecule has 2 aliphatic rings. The summed E-state index contributed by atoms with van der Waals surface area (Å²) in [6.07, 6.45) is 4.83. The number of carbonyl (C=O) groups is 3.